The van der Waals surface area contributed by atoms with Gasteiger partial charge in [-0.15, -0.1) is 0 Å². The second-order valence-electron chi connectivity index (χ2n) is 5.60. The lowest BCUT2D eigenvalue weighted by Crippen LogP contribution is -2.37. The van der Waals surface area contributed by atoms with E-state index in [1.165, 1.54) is 0 Å². The van der Waals surface area contributed by atoms with Gasteiger partial charge in [0, 0.05) is 13.1 Å². The van der Waals surface area contributed by atoms with Gasteiger partial charge in [-0.3, -0.25) is 0 Å². The van der Waals surface area contributed by atoms with E-state index in [1.807, 2.05) is 19.9 Å². The van der Waals surface area contributed by atoms with E-state index < -0.39 is 10.0 Å². The monoisotopic (exact) mass is 296 g/mol. The van der Waals surface area contributed by atoms with Gasteiger partial charge in [0.15, 0.2) is 0 Å². The number of nitrogens with one attached hydrogen (secondary N) is 1. The molecule has 1 N–H and O–H groups in total. The number of hydrogen-bond donors (Lipinski definition) is 1. The zero-order chi connectivity index (χ0) is 14.8. The lowest BCUT2D eigenvalue weighted by atomic mass is 10.1. The minimum absolute atomic E-state index is 0.0941. The Kier molecular flexibility index (Phi) is 4.83. The molecule has 112 valence electrons. The molecule has 5 heteroatoms. The summed E-state index contributed by atoms with van der Waals surface area (Å²) in [4.78, 5) is 0.403. The van der Waals surface area contributed by atoms with E-state index in [0.717, 1.165) is 43.5 Å². The maximum absolute atomic E-state index is 12.7. The first-order valence-electron chi connectivity index (χ1n) is 7.19. The Morgan fingerprint density at radius 3 is 2.60 bits per heavy atom. The quantitative estimate of drug-likeness (QED) is 0.929. The van der Waals surface area contributed by atoms with E-state index in [1.54, 1.807) is 23.5 Å². The van der Waals surface area contributed by atoms with Crippen molar-refractivity contribution in [3.63, 3.8) is 0 Å². The third-order valence-electron chi connectivity index (χ3n) is 4.21. The molecule has 20 heavy (non-hydrogen) atoms. The lowest BCUT2D eigenvalue weighted by Gasteiger charge is -2.26. The summed E-state index contributed by atoms with van der Waals surface area (Å²) >= 11 is 0. The molecule has 0 spiro atoms. The number of sulfonamides is 1. The average Bonchev–Trinajstić information content (AvgIpc) is 2.69. The molecule has 0 radical (unpaired) electrons. The normalized spacial score (nSPS) is 20.9. The van der Waals surface area contributed by atoms with Gasteiger partial charge in [0.25, 0.3) is 0 Å². The molecule has 1 saturated heterocycles. The molecule has 4 nitrogen and oxygen atoms in total. The molecule has 1 unspecified atom stereocenters. The molecule has 0 saturated carbocycles. The van der Waals surface area contributed by atoms with Crippen molar-refractivity contribution in [1.82, 2.24) is 9.62 Å². The first-order valence-corrected chi connectivity index (χ1v) is 8.63. The first kappa shape index (κ1) is 15.5. The summed E-state index contributed by atoms with van der Waals surface area (Å²) in [7, 11) is -1.68. The summed E-state index contributed by atoms with van der Waals surface area (Å²) in [6.07, 6.45) is 2.82. The van der Waals surface area contributed by atoms with Crippen molar-refractivity contribution in [2.45, 2.75) is 44.0 Å². The van der Waals surface area contributed by atoms with Crippen molar-refractivity contribution in [2.75, 3.05) is 20.1 Å². The predicted molar refractivity (Wildman–Crippen MR) is 81.4 cm³/mol. The van der Waals surface area contributed by atoms with Gasteiger partial charge in [-0.05, 0) is 69.5 Å². The lowest BCUT2D eigenvalue weighted by molar-refractivity contribution is 0.341. The molecule has 1 aliphatic rings. The van der Waals surface area contributed by atoms with Crippen molar-refractivity contribution >= 4 is 10.0 Å². The molecule has 2 rings (SSSR count). The molecule has 1 aromatic rings. The largest absolute Gasteiger partial charge is 0.317 e. The average molecular weight is 296 g/mol. The Bertz CT molecular complexity index is 561. The van der Waals surface area contributed by atoms with Gasteiger partial charge in [0.1, 0.15) is 0 Å². The number of hydrogen-bond acceptors (Lipinski definition) is 3. The van der Waals surface area contributed by atoms with Crippen LogP contribution in [0.3, 0.4) is 0 Å². The Balaban J connectivity index is 2.26. The van der Waals surface area contributed by atoms with E-state index in [-0.39, 0.29) is 6.04 Å². The molecule has 1 atom stereocenters. The van der Waals surface area contributed by atoms with Gasteiger partial charge >= 0.3 is 0 Å². The van der Waals surface area contributed by atoms with Crippen LogP contribution in [0, 0.1) is 13.8 Å². The van der Waals surface area contributed by atoms with Gasteiger partial charge in [-0.2, -0.15) is 4.31 Å². The standard InChI is InChI=1S/C15H24N2O2S/c1-12-6-7-15(11-13(12)2)20(18,19)17(3)14-5-4-9-16-10-8-14/h6-7,11,14,16H,4-5,8-10H2,1-3H3. The predicted octanol–water partition coefficient (Wildman–Crippen LogP) is 2.07. The molecule has 0 aromatic heterocycles. The molecular weight excluding hydrogens is 272 g/mol. The topological polar surface area (TPSA) is 49.4 Å². The third kappa shape index (κ3) is 3.22. The molecule has 1 fully saturated rings. The van der Waals surface area contributed by atoms with Crippen LogP contribution < -0.4 is 5.32 Å². The van der Waals surface area contributed by atoms with Crippen LogP contribution in [-0.4, -0.2) is 38.9 Å². The Labute approximate surface area is 122 Å². The second kappa shape index (κ2) is 6.24. The SMILES string of the molecule is Cc1ccc(S(=O)(=O)N(C)C2CCCNCC2)cc1C. The molecule has 0 bridgehead atoms. The van der Waals surface area contributed by atoms with Crippen molar-refractivity contribution < 1.29 is 8.42 Å². The Morgan fingerprint density at radius 2 is 1.90 bits per heavy atom. The van der Waals surface area contributed by atoms with Gasteiger partial charge in [-0.1, -0.05) is 6.07 Å². The second-order valence-corrected chi connectivity index (χ2v) is 7.60. The van der Waals surface area contributed by atoms with Crippen LogP contribution >= 0.6 is 0 Å². The molecule has 1 aromatic carbocycles. The van der Waals surface area contributed by atoms with Gasteiger partial charge < -0.3 is 5.32 Å². The zero-order valence-electron chi connectivity index (χ0n) is 12.5. The fourth-order valence-corrected chi connectivity index (χ4v) is 4.10. The zero-order valence-corrected chi connectivity index (χ0v) is 13.3. The molecule has 0 aliphatic carbocycles. The summed E-state index contributed by atoms with van der Waals surface area (Å²) in [6, 6.07) is 5.46. The summed E-state index contributed by atoms with van der Waals surface area (Å²) < 4.78 is 27.0. The van der Waals surface area contributed by atoms with Crippen LogP contribution in [0.4, 0.5) is 0 Å². The maximum atomic E-state index is 12.7. The summed E-state index contributed by atoms with van der Waals surface area (Å²) in [5.41, 5.74) is 2.13. The Morgan fingerprint density at radius 1 is 1.15 bits per heavy atom. The van der Waals surface area contributed by atoms with Crippen LogP contribution in [0.25, 0.3) is 0 Å². The summed E-state index contributed by atoms with van der Waals surface area (Å²) in [5, 5.41) is 3.32. The fraction of sp³-hybridized carbons (Fsp3) is 0.600. The van der Waals surface area contributed by atoms with E-state index >= 15 is 0 Å². The molecule has 0 amide bonds. The van der Waals surface area contributed by atoms with Gasteiger partial charge in [0.05, 0.1) is 4.90 Å². The van der Waals surface area contributed by atoms with Crippen LogP contribution in [0.2, 0.25) is 0 Å². The maximum Gasteiger partial charge on any atom is 0.243 e. The number of aryl methyl sites for hydroxylation is 2. The number of nitrogens with zero attached hydrogens (tertiary/aromatic N) is 1. The third-order valence-corrected chi connectivity index (χ3v) is 6.12. The van der Waals surface area contributed by atoms with Crippen molar-refractivity contribution in [3.8, 4) is 0 Å². The van der Waals surface area contributed by atoms with E-state index in [9.17, 15) is 8.42 Å². The number of rotatable bonds is 3. The van der Waals surface area contributed by atoms with Crippen LogP contribution in [0.15, 0.2) is 23.1 Å². The van der Waals surface area contributed by atoms with Crippen molar-refractivity contribution in [2.24, 2.45) is 0 Å². The highest BCUT2D eigenvalue weighted by atomic mass is 32.2. The highest BCUT2D eigenvalue weighted by Gasteiger charge is 2.28. The summed E-state index contributed by atoms with van der Waals surface area (Å²) in [6.45, 7) is 5.81. The molecule has 1 aliphatic heterocycles. The highest BCUT2D eigenvalue weighted by Crippen LogP contribution is 2.23. The van der Waals surface area contributed by atoms with Crippen LogP contribution in [0.1, 0.15) is 30.4 Å². The van der Waals surface area contributed by atoms with Gasteiger partial charge in [0.2, 0.25) is 10.0 Å². The van der Waals surface area contributed by atoms with E-state index in [0.29, 0.717) is 4.90 Å². The minimum atomic E-state index is -3.39. The van der Waals surface area contributed by atoms with Crippen LogP contribution in [-0.2, 0) is 10.0 Å². The summed E-state index contributed by atoms with van der Waals surface area (Å²) in [5.74, 6) is 0. The smallest absolute Gasteiger partial charge is 0.243 e. The van der Waals surface area contributed by atoms with Crippen molar-refractivity contribution in [1.29, 1.82) is 0 Å². The van der Waals surface area contributed by atoms with E-state index in [2.05, 4.69) is 5.32 Å². The van der Waals surface area contributed by atoms with Crippen molar-refractivity contribution in [3.05, 3.63) is 29.3 Å². The minimum Gasteiger partial charge on any atom is -0.317 e. The fourth-order valence-electron chi connectivity index (χ4n) is 2.60. The van der Waals surface area contributed by atoms with E-state index in [4.69, 9.17) is 0 Å². The van der Waals surface area contributed by atoms with Gasteiger partial charge in [-0.25, -0.2) is 8.42 Å². The Hall–Kier alpha value is -0.910. The number of benzene rings is 1. The highest BCUT2D eigenvalue weighted by molar-refractivity contribution is 7.89. The van der Waals surface area contributed by atoms with Crippen LogP contribution in [0.5, 0.6) is 0 Å². The first-order chi connectivity index (χ1) is 9.43. The molecule has 1 heterocycles. The molecular formula is C15H24N2O2S.